The van der Waals surface area contributed by atoms with Gasteiger partial charge in [-0.3, -0.25) is 0 Å². The zero-order chi connectivity index (χ0) is 28.6. The van der Waals surface area contributed by atoms with Gasteiger partial charge in [0.1, 0.15) is 6.33 Å². The van der Waals surface area contributed by atoms with Gasteiger partial charge in [-0.25, -0.2) is 4.79 Å². The van der Waals surface area contributed by atoms with Crippen LogP contribution in [0.3, 0.4) is 0 Å². The van der Waals surface area contributed by atoms with E-state index in [-0.39, 0.29) is 24.8 Å². The van der Waals surface area contributed by atoms with Crippen molar-refractivity contribution in [3.8, 4) is 11.1 Å². The zero-order valence-corrected chi connectivity index (χ0v) is 24.0. The topological polar surface area (TPSA) is 111 Å². The molecule has 0 bridgehead atoms. The molecular formula is C31H35N5O4S. The lowest BCUT2D eigenvalue weighted by Crippen LogP contribution is -2.34. The number of ether oxygens (including phenoxy) is 2. The van der Waals surface area contributed by atoms with Gasteiger partial charge in [-0.2, -0.15) is 0 Å². The van der Waals surface area contributed by atoms with E-state index >= 15 is 0 Å². The second kappa shape index (κ2) is 13.8. The number of aliphatic hydroxyl groups is 1. The third-order valence-corrected chi connectivity index (χ3v) is 8.14. The number of aryl methyl sites for hydroxylation is 1. The van der Waals surface area contributed by atoms with Gasteiger partial charge in [0.15, 0.2) is 11.4 Å². The minimum Gasteiger partial charge on any atom is -0.392 e. The van der Waals surface area contributed by atoms with E-state index < -0.39 is 6.29 Å². The van der Waals surface area contributed by atoms with Crippen LogP contribution in [0, 0.1) is 0 Å². The summed E-state index contributed by atoms with van der Waals surface area (Å²) in [7, 11) is 1.93. The smallest absolute Gasteiger partial charge is 0.315 e. The van der Waals surface area contributed by atoms with Crippen molar-refractivity contribution in [1.29, 1.82) is 0 Å². The predicted octanol–water partition coefficient (Wildman–Crippen LogP) is 5.13. The number of amides is 2. The Morgan fingerprint density at radius 2 is 1.78 bits per heavy atom. The average molecular weight is 574 g/mol. The van der Waals surface area contributed by atoms with Gasteiger partial charge in [0.05, 0.1) is 18.8 Å². The zero-order valence-electron chi connectivity index (χ0n) is 23.2. The maximum Gasteiger partial charge on any atom is 0.315 e. The monoisotopic (exact) mass is 573 g/mol. The molecular weight excluding hydrogens is 538 g/mol. The van der Waals surface area contributed by atoms with Crippen molar-refractivity contribution in [2.24, 2.45) is 7.05 Å². The lowest BCUT2D eigenvalue weighted by molar-refractivity contribution is -0.245. The van der Waals surface area contributed by atoms with Gasteiger partial charge in [0.2, 0.25) is 0 Å². The molecule has 2 heterocycles. The predicted molar refractivity (Wildman–Crippen MR) is 158 cm³/mol. The molecule has 214 valence electrons. The fraction of sp³-hybridized carbons (Fsp3) is 0.323. The number of rotatable bonds is 10. The average Bonchev–Trinajstić information content (AvgIpc) is 3.43. The molecule has 1 aliphatic rings. The molecule has 41 heavy (non-hydrogen) atoms. The van der Waals surface area contributed by atoms with Crippen LogP contribution in [0.2, 0.25) is 0 Å². The number of aliphatic hydroxyl groups excluding tert-OH is 1. The summed E-state index contributed by atoms with van der Waals surface area (Å²) in [5.74, 6) is 0.710. The summed E-state index contributed by atoms with van der Waals surface area (Å²) in [5, 5.41) is 24.1. The van der Waals surface area contributed by atoms with Crippen LogP contribution in [0.15, 0.2) is 84.3 Å². The molecule has 9 nitrogen and oxygen atoms in total. The molecule has 3 aromatic carbocycles. The number of nitrogens with zero attached hydrogens (tertiary/aromatic N) is 3. The molecule has 0 aliphatic carbocycles. The highest BCUT2D eigenvalue weighted by atomic mass is 32.2. The molecule has 0 unspecified atom stereocenters. The van der Waals surface area contributed by atoms with E-state index in [0.717, 1.165) is 38.5 Å². The second-order valence-corrected chi connectivity index (χ2v) is 10.9. The molecule has 3 atom stereocenters. The molecule has 1 saturated heterocycles. The summed E-state index contributed by atoms with van der Waals surface area (Å²) in [6.45, 7) is 2.91. The van der Waals surface area contributed by atoms with Crippen LogP contribution in [0.4, 0.5) is 4.79 Å². The van der Waals surface area contributed by atoms with Crippen molar-refractivity contribution in [3.05, 3.63) is 101 Å². The van der Waals surface area contributed by atoms with E-state index in [0.29, 0.717) is 25.3 Å². The number of hydrogen-bond acceptors (Lipinski definition) is 7. The van der Waals surface area contributed by atoms with Crippen molar-refractivity contribution in [1.82, 2.24) is 25.4 Å². The Morgan fingerprint density at radius 1 is 1.02 bits per heavy atom. The van der Waals surface area contributed by atoms with Gasteiger partial charge in [-0.1, -0.05) is 84.6 Å². The number of urea groups is 1. The second-order valence-electron chi connectivity index (χ2n) is 9.88. The normalized spacial score (nSPS) is 18.7. The Bertz CT molecular complexity index is 1430. The summed E-state index contributed by atoms with van der Waals surface area (Å²) in [4.78, 5) is 11.9. The van der Waals surface area contributed by atoms with Gasteiger partial charge in [0.25, 0.3) is 0 Å². The van der Waals surface area contributed by atoms with E-state index in [1.807, 2.05) is 73.1 Å². The molecule has 10 heteroatoms. The highest BCUT2D eigenvalue weighted by molar-refractivity contribution is 7.99. The first kappa shape index (κ1) is 28.8. The first-order valence-electron chi connectivity index (χ1n) is 13.7. The molecule has 4 aromatic rings. The summed E-state index contributed by atoms with van der Waals surface area (Å²) >= 11 is 1.61. The van der Waals surface area contributed by atoms with Crippen molar-refractivity contribution in [2.75, 3.05) is 12.3 Å². The summed E-state index contributed by atoms with van der Waals surface area (Å²) in [5.41, 5.74) is 5.98. The summed E-state index contributed by atoms with van der Waals surface area (Å²) in [6, 6.07) is 24.0. The summed E-state index contributed by atoms with van der Waals surface area (Å²) in [6.07, 6.45) is 1.62. The number of nitrogens with one attached hydrogen (secondary N) is 2. The van der Waals surface area contributed by atoms with Crippen LogP contribution in [0.25, 0.3) is 11.1 Å². The van der Waals surface area contributed by atoms with Gasteiger partial charge in [-0.05, 0) is 34.7 Å². The number of benzene rings is 3. The number of carbonyl (C=O) groups excluding carboxylic acids is 1. The van der Waals surface area contributed by atoms with E-state index in [1.54, 1.807) is 18.1 Å². The highest BCUT2D eigenvalue weighted by Gasteiger charge is 2.32. The highest BCUT2D eigenvalue weighted by Crippen LogP contribution is 2.39. The SMILES string of the molecule is CCNC(=O)NCc1ccccc1-c1ccc([C@H]2O[C@@H](CSc3nncn3C)C[C@@H](c3ccc(CO)cc3)O2)cc1. The van der Waals surface area contributed by atoms with Crippen molar-refractivity contribution >= 4 is 17.8 Å². The Kier molecular flexibility index (Phi) is 9.68. The molecule has 5 rings (SSSR count). The Balaban J connectivity index is 1.34. The van der Waals surface area contributed by atoms with E-state index in [9.17, 15) is 9.90 Å². The molecule has 1 aliphatic heterocycles. The fourth-order valence-corrected chi connectivity index (χ4v) is 5.67. The Labute approximate surface area is 244 Å². The van der Waals surface area contributed by atoms with Gasteiger partial charge >= 0.3 is 6.03 Å². The van der Waals surface area contributed by atoms with Gasteiger partial charge in [-0.15, -0.1) is 10.2 Å². The minimum atomic E-state index is -0.542. The van der Waals surface area contributed by atoms with E-state index in [1.165, 1.54) is 0 Å². The Morgan fingerprint density at radius 3 is 2.49 bits per heavy atom. The lowest BCUT2D eigenvalue weighted by Gasteiger charge is -2.36. The molecule has 3 N–H and O–H groups in total. The maximum absolute atomic E-state index is 11.9. The first-order chi connectivity index (χ1) is 20.0. The summed E-state index contributed by atoms with van der Waals surface area (Å²) < 4.78 is 14.9. The largest absolute Gasteiger partial charge is 0.392 e. The van der Waals surface area contributed by atoms with E-state index in [4.69, 9.17) is 9.47 Å². The fourth-order valence-electron chi connectivity index (χ4n) is 4.77. The van der Waals surface area contributed by atoms with Gasteiger partial charge < -0.3 is 29.8 Å². The maximum atomic E-state index is 11.9. The number of hydrogen-bond donors (Lipinski definition) is 3. The number of thioether (sulfide) groups is 1. The number of aromatic nitrogens is 3. The minimum absolute atomic E-state index is 0.00593. The van der Waals surface area contributed by atoms with Crippen LogP contribution < -0.4 is 10.6 Å². The van der Waals surface area contributed by atoms with Crippen LogP contribution in [-0.2, 0) is 29.7 Å². The molecule has 1 aromatic heterocycles. The molecule has 2 amide bonds. The first-order valence-corrected chi connectivity index (χ1v) is 14.7. The number of carbonyl (C=O) groups is 1. The van der Waals surface area contributed by atoms with E-state index in [2.05, 4.69) is 39.0 Å². The Hall–Kier alpha value is -3.70. The van der Waals surface area contributed by atoms with Crippen molar-refractivity contribution in [3.63, 3.8) is 0 Å². The lowest BCUT2D eigenvalue weighted by atomic mass is 9.98. The molecule has 0 saturated carbocycles. The van der Waals surface area contributed by atoms with Crippen molar-refractivity contribution in [2.45, 2.75) is 50.2 Å². The third kappa shape index (κ3) is 7.34. The quantitative estimate of drug-likeness (QED) is 0.226. The molecule has 0 radical (unpaired) electrons. The third-order valence-electron chi connectivity index (χ3n) is 6.97. The van der Waals surface area contributed by atoms with Gasteiger partial charge in [0, 0.05) is 37.9 Å². The van der Waals surface area contributed by atoms with Crippen LogP contribution in [0.1, 0.15) is 48.0 Å². The molecule has 1 fully saturated rings. The van der Waals surface area contributed by atoms with Crippen molar-refractivity contribution < 1.29 is 19.4 Å². The molecule has 0 spiro atoms. The van der Waals surface area contributed by atoms with Crippen LogP contribution in [-0.4, -0.2) is 44.3 Å². The standard InChI is InChI=1S/C31H35N5O4S/c1-3-32-30(38)33-17-25-6-4-5-7-27(25)22-12-14-24(15-13-22)29-39-26(19-41-31-35-34-20-36(31)2)16-28(40-29)23-10-8-21(18-37)9-11-23/h4-15,20,26,28-29,37H,3,16-19H2,1-2H3,(H2,32,33,38)/t26-,28+,29+/m1/s1. The van der Waals surface area contributed by atoms with Crippen LogP contribution in [0.5, 0.6) is 0 Å². The van der Waals surface area contributed by atoms with Crippen LogP contribution >= 0.6 is 11.8 Å².